The van der Waals surface area contributed by atoms with Crippen molar-refractivity contribution in [2.45, 2.75) is 26.4 Å². The molecule has 6 heteroatoms. The van der Waals surface area contributed by atoms with Gasteiger partial charge in [-0.2, -0.15) is 11.8 Å². The first-order chi connectivity index (χ1) is 7.65. The number of ketones is 1. The maximum absolute atomic E-state index is 11.3. The van der Waals surface area contributed by atoms with Crippen LogP contribution in [-0.4, -0.2) is 41.7 Å². The van der Waals surface area contributed by atoms with Crippen LogP contribution in [0.15, 0.2) is 5.16 Å². The molecule has 1 atom stereocenters. The van der Waals surface area contributed by atoms with Gasteiger partial charge in [0.15, 0.2) is 5.78 Å². The van der Waals surface area contributed by atoms with Crippen LogP contribution in [0.2, 0.25) is 0 Å². The molecule has 0 spiro atoms. The molecule has 0 amide bonds. The molecule has 0 aromatic rings. The van der Waals surface area contributed by atoms with E-state index in [2.05, 4.69) is 5.16 Å². The number of Topliss-reactive ketones (excluding diaryl/α,β-unsaturated/α-hetero) is 1. The van der Waals surface area contributed by atoms with Gasteiger partial charge in [-0.1, -0.05) is 5.16 Å². The highest BCUT2D eigenvalue weighted by Crippen LogP contribution is 2.20. The minimum atomic E-state index is -0.722. The van der Waals surface area contributed by atoms with Crippen LogP contribution < -0.4 is 0 Å². The largest absolute Gasteiger partial charge is 0.461 e. The van der Waals surface area contributed by atoms with E-state index in [1.807, 2.05) is 0 Å². The van der Waals surface area contributed by atoms with Gasteiger partial charge in [-0.25, -0.2) is 4.79 Å². The number of hydrogen-bond donors (Lipinski definition) is 0. The van der Waals surface area contributed by atoms with E-state index in [9.17, 15) is 9.59 Å². The summed E-state index contributed by atoms with van der Waals surface area (Å²) in [6.45, 7) is 3.15. The van der Waals surface area contributed by atoms with Crippen molar-refractivity contribution in [1.82, 2.24) is 0 Å². The first kappa shape index (κ1) is 13.0. The zero-order valence-corrected chi connectivity index (χ0v) is 10.2. The standard InChI is InChI=1S/C10H15NO4S/c1-3-14-10(13)9(7(2)12)11-15-8-4-5-16-6-8/h8H,3-6H2,1-2H3. The normalized spacial score (nSPS) is 20.6. The molecule has 90 valence electrons. The SMILES string of the molecule is CCOC(=O)C(=NOC1CCSC1)C(C)=O. The maximum atomic E-state index is 11.3. The van der Waals surface area contributed by atoms with Crippen LogP contribution in [0.1, 0.15) is 20.3 Å². The second kappa shape index (κ2) is 6.52. The molecule has 0 bridgehead atoms. The van der Waals surface area contributed by atoms with Crippen LogP contribution in [0.3, 0.4) is 0 Å². The van der Waals surface area contributed by atoms with E-state index < -0.39 is 11.8 Å². The number of hydrogen-bond acceptors (Lipinski definition) is 6. The number of esters is 1. The number of thioether (sulfide) groups is 1. The molecule has 0 radical (unpaired) electrons. The van der Waals surface area contributed by atoms with Gasteiger partial charge >= 0.3 is 5.97 Å². The Morgan fingerprint density at radius 2 is 2.25 bits per heavy atom. The second-order valence-electron chi connectivity index (χ2n) is 3.31. The maximum Gasteiger partial charge on any atom is 0.364 e. The molecule has 0 saturated carbocycles. The van der Waals surface area contributed by atoms with Crippen LogP contribution in [0, 0.1) is 0 Å². The third-order valence-corrected chi connectivity index (χ3v) is 3.12. The van der Waals surface area contributed by atoms with Gasteiger partial charge in [-0.3, -0.25) is 4.79 Å². The van der Waals surface area contributed by atoms with Crippen molar-refractivity contribution < 1.29 is 19.2 Å². The molecule has 1 unspecified atom stereocenters. The Balaban J connectivity index is 2.57. The van der Waals surface area contributed by atoms with E-state index >= 15 is 0 Å². The number of carbonyl (C=O) groups is 2. The van der Waals surface area contributed by atoms with Crippen LogP contribution in [0.5, 0.6) is 0 Å². The smallest absolute Gasteiger partial charge is 0.364 e. The van der Waals surface area contributed by atoms with Crippen molar-refractivity contribution in [1.29, 1.82) is 0 Å². The summed E-state index contributed by atoms with van der Waals surface area (Å²) in [6.07, 6.45) is 0.885. The van der Waals surface area contributed by atoms with E-state index in [1.54, 1.807) is 18.7 Å². The zero-order chi connectivity index (χ0) is 12.0. The van der Waals surface area contributed by atoms with Gasteiger partial charge in [0.2, 0.25) is 5.71 Å². The average Bonchev–Trinajstić information content (AvgIpc) is 2.70. The lowest BCUT2D eigenvalue weighted by Crippen LogP contribution is -2.25. The van der Waals surface area contributed by atoms with Crippen LogP contribution >= 0.6 is 11.8 Å². The Hall–Kier alpha value is -1.04. The molecule has 5 nitrogen and oxygen atoms in total. The molecule has 1 aliphatic rings. The summed E-state index contributed by atoms with van der Waals surface area (Å²) in [5.74, 6) is 0.705. The molecule has 0 aliphatic carbocycles. The molecule has 0 aromatic carbocycles. The second-order valence-corrected chi connectivity index (χ2v) is 4.46. The highest BCUT2D eigenvalue weighted by molar-refractivity contribution is 7.99. The third kappa shape index (κ3) is 3.84. The molecule has 1 saturated heterocycles. The van der Waals surface area contributed by atoms with Crippen LogP contribution in [0.25, 0.3) is 0 Å². The number of oxime groups is 1. The summed E-state index contributed by atoms with van der Waals surface area (Å²) in [5, 5.41) is 3.60. The predicted octanol–water partition coefficient (Wildman–Crippen LogP) is 1.02. The summed E-state index contributed by atoms with van der Waals surface area (Å²) < 4.78 is 4.70. The van der Waals surface area contributed by atoms with Gasteiger partial charge in [0.1, 0.15) is 6.10 Å². The van der Waals surface area contributed by atoms with Crippen molar-refractivity contribution in [3.63, 3.8) is 0 Å². The first-order valence-electron chi connectivity index (χ1n) is 5.14. The Labute approximate surface area is 98.5 Å². The fourth-order valence-corrected chi connectivity index (χ4v) is 2.25. The van der Waals surface area contributed by atoms with Gasteiger partial charge in [0.05, 0.1) is 6.61 Å². The van der Waals surface area contributed by atoms with Gasteiger partial charge in [-0.15, -0.1) is 0 Å². The van der Waals surface area contributed by atoms with E-state index in [0.717, 1.165) is 17.9 Å². The van der Waals surface area contributed by atoms with E-state index in [4.69, 9.17) is 9.57 Å². The number of carbonyl (C=O) groups excluding carboxylic acids is 2. The molecule has 0 N–H and O–H groups in total. The lowest BCUT2D eigenvalue weighted by Gasteiger charge is -2.07. The lowest BCUT2D eigenvalue weighted by molar-refractivity contribution is -0.136. The van der Waals surface area contributed by atoms with E-state index in [-0.39, 0.29) is 18.4 Å². The monoisotopic (exact) mass is 245 g/mol. The van der Waals surface area contributed by atoms with E-state index in [1.165, 1.54) is 6.92 Å². The van der Waals surface area contributed by atoms with Gasteiger partial charge in [-0.05, 0) is 19.1 Å². The van der Waals surface area contributed by atoms with Gasteiger partial charge < -0.3 is 9.57 Å². The molecule has 1 heterocycles. The zero-order valence-electron chi connectivity index (χ0n) is 9.39. The highest BCUT2D eigenvalue weighted by atomic mass is 32.2. The number of rotatable bonds is 5. The molecule has 16 heavy (non-hydrogen) atoms. The summed E-state index contributed by atoms with van der Waals surface area (Å²) in [6, 6.07) is 0. The fourth-order valence-electron chi connectivity index (χ4n) is 1.17. The molecular formula is C10H15NO4S. The third-order valence-electron chi connectivity index (χ3n) is 1.98. The topological polar surface area (TPSA) is 65.0 Å². The summed E-state index contributed by atoms with van der Waals surface area (Å²) in [4.78, 5) is 27.6. The highest BCUT2D eigenvalue weighted by Gasteiger charge is 2.21. The number of ether oxygens (including phenoxy) is 1. The minimum absolute atomic E-state index is 0.00576. The van der Waals surface area contributed by atoms with Gasteiger partial charge in [0.25, 0.3) is 0 Å². The molecule has 1 rings (SSSR count). The minimum Gasteiger partial charge on any atom is -0.461 e. The molecule has 1 aliphatic heterocycles. The van der Waals surface area contributed by atoms with Crippen LogP contribution in [0.4, 0.5) is 0 Å². The summed E-state index contributed by atoms with van der Waals surface area (Å²) >= 11 is 1.77. The van der Waals surface area contributed by atoms with Gasteiger partial charge in [0, 0.05) is 12.7 Å². The molecular weight excluding hydrogens is 230 g/mol. The van der Waals surface area contributed by atoms with Crippen molar-refractivity contribution in [3.8, 4) is 0 Å². The molecule has 1 fully saturated rings. The van der Waals surface area contributed by atoms with Crippen molar-refractivity contribution in [3.05, 3.63) is 0 Å². The first-order valence-corrected chi connectivity index (χ1v) is 6.30. The Morgan fingerprint density at radius 1 is 1.50 bits per heavy atom. The molecule has 0 aromatic heterocycles. The fraction of sp³-hybridized carbons (Fsp3) is 0.700. The van der Waals surface area contributed by atoms with Crippen LogP contribution in [-0.2, 0) is 19.2 Å². The quantitative estimate of drug-likeness (QED) is 0.313. The Morgan fingerprint density at radius 3 is 2.75 bits per heavy atom. The predicted molar refractivity (Wildman–Crippen MR) is 61.6 cm³/mol. The average molecular weight is 245 g/mol. The summed E-state index contributed by atoms with van der Waals surface area (Å²) in [5.41, 5.74) is -0.265. The lowest BCUT2D eigenvalue weighted by atomic mass is 10.3. The number of nitrogens with zero attached hydrogens (tertiary/aromatic N) is 1. The van der Waals surface area contributed by atoms with Crippen molar-refractivity contribution >= 4 is 29.2 Å². The Kier molecular flexibility index (Phi) is 5.31. The van der Waals surface area contributed by atoms with Crippen molar-refractivity contribution in [2.24, 2.45) is 5.16 Å². The Bertz CT molecular complexity index is 297. The van der Waals surface area contributed by atoms with Crippen molar-refractivity contribution in [2.75, 3.05) is 18.1 Å². The van der Waals surface area contributed by atoms with E-state index in [0.29, 0.717) is 0 Å². The summed E-state index contributed by atoms with van der Waals surface area (Å²) in [7, 11) is 0.